The quantitative estimate of drug-likeness (QED) is 0.803. The largest absolute Gasteiger partial charge is 0.397 e. The number of halogens is 1. The summed E-state index contributed by atoms with van der Waals surface area (Å²) in [4.78, 5) is 12.3. The summed E-state index contributed by atoms with van der Waals surface area (Å²) in [6.07, 6.45) is 3.92. The fraction of sp³-hybridized carbons (Fsp3) is 0.588. The molecular weight excluding hydrogens is 267 g/mol. The topological polar surface area (TPSA) is 55.1 Å². The molecule has 3 N–H and O–H groups in total. The van der Waals surface area contributed by atoms with E-state index in [1.165, 1.54) is 18.2 Å². The minimum atomic E-state index is -0.393. The van der Waals surface area contributed by atoms with Gasteiger partial charge in [-0.15, -0.1) is 0 Å². The molecule has 1 aromatic rings. The van der Waals surface area contributed by atoms with Crippen molar-refractivity contribution in [2.45, 2.75) is 46.5 Å². The number of nitrogens with one attached hydrogen (secondary N) is 1. The molecule has 21 heavy (non-hydrogen) atoms. The van der Waals surface area contributed by atoms with Crippen LogP contribution in [0.1, 0.15) is 46.5 Å². The molecule has 1 amide bonds. The first-order chi connectivity index (χ1) is 9.77. The van der Waals surface area contributed by atoms with Gasteiger partial charge in [-0.1, -0.05) is 20.8 Å². The summed E-state index contributed by atoms with van der Waals surface area (Å²) in [5, 5.41) is 2.77. The Morgan fingerprint density at radius 1 is 1.24 bits per heavy atom. The van der Waals surface area contributed by atoms with Crippen molar-refractivity contribution in [3.05, 3.63) is 24.0 Å². The van der Waals surface area contributed by atoms with E-state index in [9.17, 15) is 9.18 Å². The average molecular weight is 292 g/mol. The van der Waals surface area contributed by atoms with Crippen LogP contribution in [0.15, 0.2) is 18.2 Å². The molecule has 1 saturated carbocycles. The van der Waals surface area contributed by atoms with Gasteiger partial charge in [0, 0.05) is 5.92 Å². The molecule has 2 rings (SSSR count). The SMILES string of the molecule is CC(C)(C)C1CCC(C(=O)Nc2cc(F)ccc2N)CC1. The molecule has 1 aliphatic carbocycles. The molecule has 0 bridgehead atoms. The van der Waals surface area contributed by atoms with Crippen LogP contribution in [0.4, 0.5) is 15.8 Å². The Labute approximate surface area is 126 Å². The maximum Gasteiger partial charge on any atom is 0.227 e. The van der Waals surface area contributed by atoms with Gasteiger partial charge in [-0.25, -0.2) is 4.39 Å². The third-order valence-electron chi connectivity index (χ3n) is 4.60. The van der Waals surface area contributed by atoms with Gasteiger partial charge in [0.25, 0.3) is 0 Å². The van der Waals surface area contributed by atoms with Gasteiger partial charge in [0.1, 0.15) is 5.82 Å². The van der Waals surface area contributed by atoms with Crippen molar-refractivity contribution in [2.24, 2.45) is 17.3 Å². The predicted octanol–water partition coefficient (Wildman–Crippen LogP) is 4.20. The number of nitrogens with two attached hydrogens (primary N) is 1. The number of amides is 1. The summed E-state index contributed by atoms with van der Waals surface area (Å²) < 4.78 is 13.2. The van der Waals surface area contributed by atoms with Crippen LogP contribution in [-0.2, 0) is 4.79 Å². The number of anilines is 2. The van der Waals surface area contributed by atoms with E-state index in [1.807, 2.05) is 0 Å². The van der Waals surface area contributed by atoms with Gasteiger partial charge in [-0.3, -0.25) is 4.79 Å². The monoisotopic (exact) mass is 292 g/mol. The zero-order valence-electron chi connectivity index (χ0n) is 13.1. The number of carbonyl (C=O) groups is 1. The maximum absolute atomic E-state index is 13.2. The highest BCUT2D eigenvalue weighted by molar-refractivity contribution is 5.95. The van der Waals surface area contributed by atoms with Crippen LogP contribution < -0.4 is 11.1 Å². The van der Waals surface area contributed by atoms with E-state index >= 15 is 0 Å². The fourth-order valence-electron chi connectivity index (χ4n) is 3.09. The second-order valence-electron chi connectivity index (χ2n) is 7.14. The first-order valence-corrected chi connectivity index (χ1v) is 7.63. The molecule has 1 aliphatic rings. The van der Waals surface area contributed by atoms with E-state index in [4.69, 9.17) is 5.73 Å². The molecule has 0 aromatic heterocycles. The van der Waals surface area contributed by atoms with Crippen molar-refractivity contribution in [3.63, 3.8) is 0 Å². The third kappa shape index (κ3) is 3.96. The van der Waals surface area contributed by atoms with Crippen molar-refractivity contribution in [3.8, 4) is 0 Å². The Balaban J connectivity index is 1.95. The van der Waals surface area contributed by atoms with Gasteiger partial charge in [0.2, 0.25) is 5.91 Å². The van der Waals surface area contributed by atoms with Crippen molar-refractivity contribution >= 4 is 17.3 Å². The number of hydrogen-bond acceptors (Lipinski definition) is 2. The lowest BCUT2D eigenvalue weighted by Gasteiger charge is -2.36. The van der Waals surface area contributed by atoms with Gasteiger partial charge in [0.05, 0.1) is 11.4 Å². The minimum Gasteiger partial charge on any atom is -0.397 e. The van der Waals surface area contributed by atoms with E-state index in [1.54, 1.807) is 0 Å². The number of carbonyl (C=O) groups excluding carboxylic acids is 1. The van der Waals surface area contributed by atoms with Gasteiger partial charge in [-0.05, 0) is 55.2 Å². The van der Waals surface area contributed by atoms with E-state index in [0.717, 1.165) is 25.7 Å². The summed E-state index contributed by atoms with van der Waals surface area (Å²) in [6, 6.07) is 4.04. The molecule has 4 heteroatoms. The Kier molecular flexibility index (Phi) is 4.55. The molecule has 0 unspecified atom stereocenters. The van der Waals surface area contributed by atoms with Crippen LogP contribution >= 0.6 is 0 Å². The Bertz CT molecular complexity index is 514. The van der Waals surface area contributed by atoms with Crippen LogP contribution in [-0.4, -0.2) is 5.91 Å². The standard InChI is InChI=1S/C17H25FN2O/c1-17(2,3)12-6-4-11(5-7-12)16(21)20-15-10-13(18)8-9-14(15)19/h8-12H,4-7,19H2,1-3H3,(H,20,21). The molecule has 1 fully saturated rings. The van der Waals surface area contributed by atoms with E-state index in [2.05, 4.69) is 26.1 Å². The lowest BCUT2D eigenvalue weighted by atomic mass is 9.69. The zero-order valence-corrected chi connectivity index (χ0v) is 13.1. The molecule has 116 valence electrons. The highest BCUT2D eigenvalue weighted by atomic mass is 19.1. The average Bonchev–Trinajstić information content (AvgIpc) is 2.42. The number of nitrogen functional groups attached to an aromatic ring is 1. The highest BCUT2D eigenvalue weighted by Crippen LogP contribution is 2.40. The highest BCUT2D eigenvalue weighted by Gasteiger charge is 2.32. The second kappa shape index (κ2) is 6.04. The van der Waals surface area contributed by atoms with E-state index in [0.29, 0.717) is 22.7 Å². The van der Waals surface area contributed by atoms with Crippen LogP contribution in [0.5, 0.6) is 0 Å². The molecule has 0 aliphatic heterocycles. The molecule has 0 saturated heterocycles. The molecule has 0 radical (unpaired) electrons. The Hall–Kier alpha value is -1.58. The smallest absolute Gasteiger partial charge is 0.227 e. The zero-order chi connectivity index (χ0) is 15.6. The normalized spacial score (nSPS) is 22.9. The first-order valence-electron chi connectivity index (χ1n) is 7.63. The maximum atomic E-state index is 13.2. The van der Waals surface area contributed by atoms with E-state index < -0.39 is 5.82 Å². The van der Waals surface area contributed by atoms with Gasteiger partial charge < -0.3 is 11.1 Å². The van der Waals surface area contributed by atoms with E-state index in [-0.39, 0.29) is 11.8 Å². The summed E-state index contributed by atoms with van der Waals surface area (Å²) in [7, 11) is 0. The first kappa shape index (κ1) is 15.8. The Morgan fingerprint density at radius 3 is 2.43 bits per heavy atom. The molecule has 0 heterocycles. The Morgan fingerprint density at radius 2 is 1.86 bits per heavy atom. The van der Waals surface area contributed by atoms with Crippen molar-refractivity contribution in [1.29, 1.82) is 0 Å². The van der Waals surface area contributed by atoms with Gasteiger partial charge in [0.15, 0.2) is 0 Å². The predicted molar refractivity (Wildman–Crippen MR) is 84.3 cm³/mol. The molecule has 0 spiro atoms. The summed E-state index contributed by atoms with van der Waals surface area (Å²) >= 11 is 0. The molecular formula is C17H25FN2O. The molecule has 1 aromatic carbocycles. The number of hydrogen-bond donors (Lipinski definition) is 2. The summed E-state index contributed by atoms with van der Waals surface area (Å²) in [5.74, 6) is 0.239. The lowest BCUT2D eigenvalue weighted by Crippen LogP contribution is -2.31. The molecule has 0 atom stereocenters. The third-order valence-corrected chi connectivity index (χ3v) is 4.60. The van der Waals surface area contributed by atoms with Crippen LogP contribution in [0.25, 0.3) is 0 Å². The summed E-state index contributed by atoms with van der Waals surface area (Å²) in [5.41, 5.74) is 6.83. The van der Waals surface area contributed by atoms with Crippen LogP contribution in [0.2, 0.25) is 0 Å². The molecule has 3 nitrogen and oxygen atoms in total. The van der Waals surface area contributed by atoms with Crippen LogP contribution in [0.3, 0.4) is 0 Å². The van der Waals surface area contributed by atoms with Crippen molar-refractivity contribution < 1.29 is 9.18 Å². The van der Waals surface area contributed by atoms with Crippen molar-refractivity contribution in [1.82, 2.24) is 0 Å². The van der Waals surface area contributed by atoms with Gasteiger partial charge >= 0.3 is 0 Å². The fourth-order valence-corrected chi connectivity index (χ4v) is 3.09. The van der Waals surface area contributed by atoms with Gasteiger partial charge in [-0.2, -0.15) is 0 Å². The lowest BCUT2D eigenvalue weighted by molar-refractivity contribution is -0.121. The summed E-state index contributed by atoms with van der Waals surface area (Å²) in [6.45, 7) is 6.77. The number of benzene rings is 1. The van der Waals surface area contributed by atoms with Crippen LogP contribution in [0, 0.1) is 23.1 Å². The number of rotatable bonds is 2. The van der Waals surface area contributed by atoms with Crippen molar-refractivity contribution in [2.75, 3.05) is 11.1 Å². The second-order valence-corrected chi connectivity index (χ2v) is 7.14. The minimum absolute atomic E-state index is 0.00580.